The van der Waals surface area contributed by atoms with Crippen LogP contribution in [0.5, 0.6) is 0 Å². The molecule has 4 nitrogen and oxygen atoms in total. The summed E-state index contributed by atoms with van der Waals surface area (Å²) in [5, 5.41) is 8.77. The van der Waals surface area contributed by atoms with Crippen LogP contribution in [0.15, 0.2) is 21.2 Å². The normalized spacial score (nSPS) is 15.9. The van der Waals surface area contributed by atoms with Gasteiger partial charge in [0.25, 0.3) is 0 Å². The van der Waals surface area contributed by atoms with E-state index < -0.39 is 5.97 Å². The third-order valence-corrected chi connectivity index (χ3v) is 3.15. The summed E-state index contributed by atoms with van der Waals surface area (Å²) in [6.07, 6.45) is 3.78. The number of hydrogen-bond donors (Lipinski definition) is 1. The maximum absolute atomic E-state index is 10.7. The number of halogens is 1. The van der Waals surface area contributed by atoms with Crippen LogP contribution in [0.2, 0.25) is 0 Å². The summed E-state index contributed by atoms with van der Waals surface area (Å²) in [4.78, 5) is 12.6. The average molecular weight is 274 g/mol. The number of carbonyl (C=O) groups is 1. The molecular weight excluding hydrogens is 262 g/mol. The first kappa shape index (κ1) is 10.7. The first-order valence-corrected chi connectivity index (χ1v) is 5.64. The van der Waals surface area contributed by atoms with Crippen LogP contribution in [0.1, 0.15) is 18.6 Å². The van der Waals surface area contributed by atoms with Crippen molar-refractivity contribution < 1.29 is 14.3 Å². The maximum Gasteiger partial charge on any atom is 0.317 e. The van der Waals surface area contributed by atoms with Crippen molar-refractivity contribution in [2.24, 2.45) is 0 Å². The lowest BCUT2D eigenvalue weighted by atomic mass is 10.3. The molecule has 0 aromatic carbocycles. The number of nitrogens with zero attached hydrogens (tertiary/aromatic N) is 1. The van der Waals surface area contributed by atoms with Crippen LogP contribution in [0.4, 0.5) is 0 Å². The summed E-state index contributed by atoms with van der Waals surface area (Å²) in [5.74, 6) is 0.00716. The molecule has 1 saturated carbocycles. The molecular formula is C10H12BrNO3. The largest absolute Gasteiger partial charge is 0.480 e. The zero-order valence-corrected chi connectivity index (χ0v) is 9.74. The van der Waals surface area contributed by atoms with Crippen LogP contribution in [-0.4, -0.2) is 28.6 Å². The lowest BCUT2D eigenvalue weighted by Crippen LogP contribution is -2.31. The van der Waals surface area contributed by atoms with E-state index in [0.29, 0.717) is 12.6 Å². The highest BCUT2D eigenvalue weighted by Gasteiger charge is 2.31. The van der Waals surface area contributed by atoms with Gasteiger partial charge in [-0.3, -0.25) is 9.69 Å². The minimum Gasteiger partial charge on any atom is -0.480 e. The number of aliphatic carboxylic acids is 1. The van der Waals surface area contributed by atoms with Crippen LogP contribution < -0.4 is 0 Å². The third kappa shape index (κ3) is 2.82. The van der Waals surface area contributed by atoms with Gasteiger partial charge in [-0.1, -0.05) is 0 Å². The Morgan fingerprint density at radius 1 is 1.67 bits per heavy atom. The molecule has 5 heteroatoms. The van der Waals surface area contributed by atoms with Gasteiger partial charge < -0.3 is 9.52 Å². The smallest absolute Gasteiger partial charge is 0.317 e. The molecule has 0 unspecified atom stereocenters. The van der Waals surface area contributed by atoms with Crippen molar-refractivity contribution in [2.75, 3.05) is 6.54 Å². The SMILES string of the molecule is O=C(O)CN(Cc1occc1Br)C1CC1. The molecule has 0 saturated heterocycles. The van der Waals surface area contributed by atoms with Crippen molar-refractivity contribution in [3.8, 4) is 0 Å². The topological polar surface area (TPSA) is 53.7 Å². The van der Waals surface area contributed by atoms with Gasteiger partial charge in [-0.2, -0.15) is 0 Å². The molecule has 15 heavy (non-hydrogen) atoms. The average Bonchev–Trinajstić information content (AvgIpc) is 2.92. The number of hydrogen-bond acceptors (Lipinski definition) is 3. The highest BCUT2D eigenvalue weighted by Crippen LogP contribution is 2.29. The van der Waals surface area contributed by atoms with Gasteiger partial charge in [-0.25, -0.2) is 0 Å². The predicted octanol–water partition coefficient (Wildman–Crippen LogP) is 2.09. The minimum atomic E-state index is -0.787. The monoisotopic (exact) mass is 273 g/mol. The molecule has 0 amide bonds. The molecule has 1 aromatic rings. The number of carboxylic acid groups (broad SMARTS) is 1. The quantitative estimate of drug-likeness (QED) is 0.893. The van der Waals surface area contributed by atoms with Crippen LogP contribution >= 0.6 is 15.9 Å². The fourth-order valence-electron chi connectivity index (χ4n) is 1.55. The third-order valence-electron chi connectivity index (χ3n) is 2.44. The Kier molecular flexibility index (Phi) is 3.11. The van der Waals surface area contributed by atoms with Gasteiger partial charge in [0.15, 0.2) is 0 Å². The summed E-state index contributed by atoms with van der Waals surface area (Å²) < 4.78 is 6.17. The molecule has 0 bridgehead atoms. The Bertz CT molecular complexity index is 359. The summed E-state index contributed by atoms with van der Waals surface area (Å²) in [5.41, 5.74) is 0. The summed E-state index contributed by atoms with van der Waals surface area (Å²) in [7, 11) is 0. The highest BCUT2D eigenvalue weighted by molar-refractivity contribution is 9.10. The van der Waals surface area contributed by atoms with E-state index in [0.717, 1.165) is 23.1 Å². The van der Waals surface area contributed by atoms with Crippen molar-refractivity contribution in [3.05, 3.63) is 22.6 Å². The van der Waals surface area contributed by atoms with Crippen molar-refractivity contribution >= 4 is 21.9 Å². The molecule has 1 N–H and O–H groups in total. The molecule has 0 radical (unpaired) electrons. The minimum absolute atomic E-state index is 0.0812. The molecule has 1 aliphatic rings. The molecule has 1 aliphatic carbocycles. The van der Waals surface area contributed by atoms with E-state index >= 15 is 0 Å². The van der Waals surface area contributed by atoms with E-state index in [-0.39, 0.29) is 6.54 Å². The highest BCUT2D eigenvalue weighted by atomic mass is 79.9. The number of carboxylic acids is 1. The maximum atomic E-state index is 10.7. The van der Waals surface area contributed by atoms with Crippen molar-refractivity contribution in [3.63, 3.8) is 0 Å². The van der Waals surface area contributed by atoms with E-state index in [2.05, 4.69) is 15.9 Å². The molecule has 1 heterocycles. The van der Waals surface area contributed by atoms with E-state index in [1.165, 1.54) is 0 Å². The van der Waals surface area contributed by atoms with Crippen molar-refractivity contribution in [1.29, 1.82) is 0 Å². The molecule has 0 atom stereocenters. The van der Waals surface area contributed by atoms with Crippen molar-refractivity contribution in [2.45, 2.75) is 25.4 Å². The van der Waals surface area contributed by atoms with Crippen LogP contribution in [0, 0.1) is 0 Å². The fourth-order valence-corrected chi connectivity index (χ4v) is 1.88. The molecule has 1 aromatic heterocycles. The summed E-state index contributed by atoms with van der Waals surface area (Å²) in [6.45, 7) is 0.641. The Labute approximate surface area is 96.0 Å². The van der Waals surface area contributed by atoms with E-state index in [4.69, 9.17) is 9.52 Å². The Morgan fingerprint density at radius 3 is 2.87 bits per heavy atom. The second kappa shape index (κ2) is 4.37. The molecule has 0 aliphatic heterocycles. The van der Waals surface area contributed by atoms with E-state index in [1.807, 2.05) is 11.0 Å². The molecule has 1 fully saturated rings. The van der Waals surface area contributed by atoms with Crippen molar-refractivity contribution in [1.82, 2.24) is 4.90 Å². The van der Waals surface area contributed by atoms with E-state index in [1.54, 1.807) is 6.26 Å². The van der Waals surface area contributed by atoms with Gasteiger partial charge in [0.05, 0.1) is 23.8 Å². The first-order chi connectivity index (χ1) is 7.16. The second-order valence-corrected chi connectivity index (χ2v) is 4.58. The van der Waals surface area contributed by atoms with Crippen LogP contribution in [-0.2, 0) is 11.3 Å². The Hall–Kier alpha value is -0.810. The Morgan fingerprint density at radius 2 is 2.40 bits per heavy atom. The van der Waals surface area contributed by atoms with Crippen LogP contribution in [0.25, 0.3) is 0 Å². The predicted molar refractivity (Wildman–Crippen MR) is 57.5 cm³/mol. The lowest BCUT2D eigenvalue weighted by Gasteiger charge is -2.18. The van der Waals surface area contributed by atoms with Crippen LogP contribution in [0.3, 0.4) is 0 Å². The zero-order valence-electron chi connectivity index (χ0n) is 8.15. The summed E-state index contributed by atoms with van der Waals surface area (Å²) >= 11 is 3.36. The van der Waals surface area contributed by atoms with Gasteiger partial charge >= 0.3 is 5.97 Å². The summed E-state index contributed by atoms with van der Waals surface area (Å²) in [6, 6.07) is 2.24. The van der Waals surface area contributed by atoms with Gasteiger partial charge in [0.2, 0.25) is 0 Å². The Balaban J connectivity index is 2.00. The number of furan rings is 1. The first-order valence-electron chi connectivity index (χ1n) is 4.84. The standard InChI is InChI=1S/C10H12BrNO3/c11-8-3-4-15-9(8)5-12(6-10(13)14)7-1-2-7/h3-4,7H,1-2,5-6H2,(H,13,14). The van der Waals surface area contributed by atoms with Gasteiger partial charge in [-0.05, 0) is 34.8 Å². The molecule has 2 rings (SSSR count). The fraction of sp³-hybridized carbons (Fsp3) is 0.500. The van der Waals surface area contributed by atoms with Gasteiger partial charge in [-0.15, -0.1) is 0 Å². The zero-order chi connectivity index (χ0) is 10.8. The molecule has 82 valence electrons. The second-order valence-electron chi connectivity index (χ2n) is 3.72. The van der Waals surface area contributed by atoms with Gasteiger partial charge in [0, 0.05) is 6.04 Å². The van der Waals surface area contributed by atoms with Gasteiger partial charge in [0.1, 0.15) is 5.76 Å². The molecule has 0 spiro atoms. The lowest BCUT2D eigenvalue weighted by molar-refractivity contribution is -0.138. The number of rotatable bonds is 5. The van der Waals surface area contributed by atoms with E-state index in [9.17, 15) is 4.79 Å².